The van der Waals surface area contributed by atoms with Gasteiger partial charge in [0.15, 0.2) is 6.20 Å². The zero-order valence-electron chi connectivity index (χ0n) is 17.6. The van der Waals surface area contributed by atoms with Gasteiger partial charge in [0.05, 0.1) is 5.56 Å². The Bertz CT molecular complexity index is 1050. The van der Waals surface area contributed by atoms with Gasteiger partial charge in [-0.15, -0.1) is 0 Å². The molecule has 0 saturated heterocycles. The molecule has 0 spiro atoms. The lowest BCUT2D eigenvalue weighted by Crippen LogP contribution is -2.30. The van der Waals surface area contributed by atoms with Crippen LogP contribution in [0.1, 0.15) is 57.2 Å². The van der Waals surface area contributed by atoms with Gasteiger partial charge in [0, 0.05) is 24.5 Å². The predicted molar refractivity (Wildman–Crippen MR) is 109 cm³/mol. The number of fused-ring (bicyclic) bond motifs is 3. The smallest absolute Gasteiger partial charge is 0.201 e. The fourth-order valence-corrected chi connectivity index (χ4v) is 4.36. The van der Waals surface area contributed by atoms with E-state index in [1.54, 1.807) is 0 Å². The molecule has 0 radical (unpaired) electrons. The highest BCUT2D eigenvalue weighted by Crippen LogP contribution is 2.52. The number of nitrogens with zero attached hydrogens (tertiary/aromatic N) is 1. The fraction of sp³-hybridized carbons (Fsp3) is 0.320. The lowest BCUT2D eigenvalue weighted by molar-refractivity contribution is -0.660. The molecule has 1 heterocycles. The summed E-state index contributed by atoms with van der Waals surface area (Å²) in [7, 11) is 2.11. The van der Waals surface area contributed by atoms with Crippen LogP contribution in [0.5, 0.6) is 0 Å². The Balaban J connectivity index is 2.07. The molecule has 1 aliphatic carbocycles. The number of hydrogen-bond donors (Lipinski definition) is 0. The fourth-order valence-electron chi connectivity index (χ4n) is 4.36. The van der Waals surface area contributed by atoms with Crippen molar-refractivity contribution in [3.63, 3.8) is 0 Å². The summed E-state index contributed by atoms with van der Waals surface area (Å²) >= 11 is 0. The molecule has 3 aromatic rings. The van der Waals surface area contributed by atoms with E-state index in [1.165, 1.54) is 39.1 Å². The first-order valence-electron chi connectivity index (χ1n) is 9.87. The Labute approximate surface area is 158 Å². The van der Waals surface area contributed by atoms with Gasteiger partial charge in [0.1, 0.15) is 7.05 Å². The lowest BCUT2D eigenvalue weighted by atomic mass is 9.80. The molecule has 1 nitrogen and oxygen atoms in total. The summed E-state index contributed by atoms with van der Waals surface area (Å²) in [5.74, 6) is -0.593. The summed E-state index contributed by atoms with van der Waals surface area (Å²) in [4.78, 5) is 0. The summed E-state index contributed by atoms with van der Waals surface area (Å²) in [5, 5.41) is 0. The van der Waals surface area contributed by atoms with Crippen LogP contribution in [0.25, 0.3) is 22.4 Å². The van der Waals surface area contributed by atoms with E-state index in [-0.39, 0.29) is 5.41 Å². The minimum Gasteiger partial charge on any atom is -0.201 e. The van der Waals surface area contributed by atoms with Gasteiger partial charge in [-0.05, 0) is 46.7 Å². The molecule has 132 valence electrons. The molecule has 0 aliphatic heterocycles. The van der Waals surface area contributed by atoms with Crippen molar-refractivity contribution in [2.24, 2.45) is 7.05 Å². The first-order valence-corrected chi connectivity index (χ1v) is 9.37. The summed E-state index contributed by atoms with van der Waals surface area (Å²) in [6.45, 7) is 10.7. The van der Waals surface area contributed by atoms with Gasteiger partial charge in [0.2, 0.25) is 5.69 Å². The number of aryl methyl sites for hydroxylation is 2. The van der Waals surface area contributed by atoms with Crippen LogP contribution in [-0.2, 0) is 12.5 Å². The number of hydrogen-bond acceptors (Lipinski definition) is 0. The van der Waals surface area contributed by atoms with Gasteiger partial charge in [0.25, 0.3) is 0 Å². The van der Waals surface area contributed by atoms with E-state index in [0.717, 1.165) is 5.56 Å². The van der Waals surface area contributed by atoms with Crippen molar-refractivity contribution in [2.75, 3.05) is 0 Å². The second kappa shape index (κ2) is 5.81. The SMILES string of the molecule is [2H]C(C)(C)c1ccc2c(c1)C(C)(C)c1ccc(C)c(-c3cccc[n+]3C)c1-2. The molecule has 26 heavy (non-hydrogen) atoms. The summed E-state index contributed by atoms with van der Waals surface area (Å²) < 4.78 is 10.7. The van der Waals surface area contributed by atoms with E-state index < -0.39 is 5.89 Å². The third kappa shape index (κ3) is 2.34. The monoisotopic (exact) mass is 343 g/mol. The molecule has 2 aromatic carbocycles. The van der Waals surface area contributed by atoms with E-state index >= 15 is 0 Å². The van der Waals surface area contributed by atoms with Crippen LogP contribution in [0.2, 0.25) is 0 Å². The van der Waals surface area contributed by atoms with Crippen LogP contribution in [0.15, 0.2) is 54.7 Å². The maximum atomic E-state index is 8.46. The van der Waals surface area contributed by atoms with Crippen LogP contribution >= 0.6 is 0 Å². The maximum Gasteiger partial charge on any atom is 0.213 e. The van der Waals surface area contributed by atoms with Crippen molar-refractivity contribution >= 4 is 0 Å². The molecule has 0 atom stereocenters. The van der Waals surface area contributed by atoms with Crippen molar-refractivity contribution in [1.82, 2.24) is 0 Å². The van der Waals surface area contributed by atoms with E-state index in [2.05, 4.69) is 87.1 Å². The minimum absolute atomic E-state index is 0.0677. The summed E-state index contributed by atoms with van der Waals surface area (Å²) in [5.41, 5.74) is 10.2. The van der Waals surface area contributed by atoms with Crippen molar-refractivity contribution in [2.45, 2.75) is 45.9 Å². The van der Waals surface area contributed by atoms with Gasteiger partial charge in [-0.3, -0.25) is 0 Å². The molecule has 1 aromatic heterocycles. The third-order valence-electron chi connectivity index (χ3n) is 5.94. The van der Waals surface area contributed by atoms with Crippen LogP contribution in [0, 0.1) is 6.92 Å². The molecule has 1 heteroatoms. The van der Waals surface area contributed by atoms with Crippen LogP contribution in [0.3, 0.4) is 0 Å². The second-order valence-electron chi connectivity index (χ2n) is 8.26. The maximum absolute atomic E-state index is 8.46. The third-order valence-corrected chi connectivity index (χ3v) is 5.94. The first kappa shape index (κ1) is 15.8. The molecule has 0 saturated carbocycles. The van der Waals surface area contributed by atoms with E-state index in [4.69, 9.17) is 1.37 Å². The highest BCUT2D eigenvalue weighted by molar-refractivity contribution is 5.92. The largest absolute Gasteiger partial charge is 0.213 e. The molecular formula is C25H28N+. The first-order chi connectivity index (χ1) is 12.6. The Kier molecular flexibility index (Phi) is 3.53. The zero-order valence-corrected chi connectivity index (χ0v) is 16.6. The molecule has 4 rings (SSSR count). The average Bonchev–Trinajstić information content (AvgIpc) is 2.82. The molecule has 0 N–H and O–H groups in total. The topological polar surface area (TPSA) is 3.88 Å². The highest BCUT2D eigenvalue weighted by atomic mass is 14.9. The second-order valence-corrected chi connectivity index (χ2v) is 8.26. The van der Waals surface area contributed by atoms with Gasteiger partial charge in [-0.25, -0.2) is 4.57 Å². The molecule has 0 bridgehead atoms. The number of pyridine rings is 1. The molecule has 0 amide bonds. The normalized spacial score (nSPS) is 15.4. The van der Waals surface area contributed by atoms with Gasteiger partial charge >= 0.3 is 0 Å². The number of aromatic nitrogens is 1. The quantitative estimate of drug-likeness (QED) is 0.509. The molecular weight excluding hydrogens is 314 g/mol. The van der Waals surface area contributed by atoms with E-state index in [0.29, 0.717) is 0 Å². The molecule has 0 fully saturated rings. The number of benzene rings is 2. The predicted octanol–water partition coefficient (Wildman–Crippen LogP) is 5.92. The van der Waals surface area contributed by atoms with Crippen LogP contribution < -0.4 is 4.57 Å². The van der Waals surface area contributed by atoms with Crippen molar-refractivity contribution in [3.05, 3.63) is 77.0 Å². The Hall–Kier alpha value is -2.41. The van der Waals surface area contributed by atoms with Crippen molar-refractivity contribution < 1.29 is 5.94 Å². The number of rotatable bonds is 2. The Morgan fingerprint density at radius 1 is 0.962 bits per heavy atom. The zero-order chi connectivity index (χ0) is 19.6. The van der Waals surface area contributed by atoms with Gasteiger partial charge in [-0.2, -0.15) is 0 Å². The van der Waals surface area contributed by atoms with Crippen molar-refractivity contribution in [3.8, 4) is 22.4 Å². The van der Waals surface area contributed by atoms with Crippen molar-refractivity contribution in [1.29, 1.82) is 0 Å². The van der Waals surface area contributed by atoms with E-state index in [1.807, 2.05) is 13.8 Å². The van der Waals surface area contributed by atoms with Gasteiger partial charge < -0.3 is 0 Å². The van der Waals surface area contributed by atoms with Crippen LogP contribution in [0.4, 0.5) is 0 Å². The Morgan fingerprint density at radius 2 is 1.73 bits per heavy atom. The molecule has 0 unspecified atom stereocenters. The van der Waals surface area contributed by atoms with Crippen LogP contribution in [-0.4, -0.2) is 0 Å². The standard InChI is InChI=1S/C25H28N/c1-16(2)18-11-12-19-21(15-18)25(4,5)20-13-10-17(3)23(24(19)20)22-9-7-8-14-26(22)6/h7-16H,1-6H3/q+1/i16D. The highest BCUT2D eigenvalue weighted by Gasteiger charge is 2.38. The summed E-state index contributed by atoms with van der Waals surface area (Å²) in [6.07, 6.45) is 2.11. The molecule has 1 aliphatic rings. The summed E-state index contributed by atoms with van der Waals surface area (Å²) in [6, 6.07) is 17.6. The Morgan fingerprint density at radius 3 is 2.42 bits per heavy atom. The van der Waals surface area contributed by atoms with Gasteiger partial charge in [-0.1, -0.05) is 58.0 Å². The van der Waals surface area contributed by atoms with E-state index in [9.17, 15) is 0 Å². The lowest BCUT2D eigenvalue weighted by Gasteiger charge is -2.23. The minimum atomic E-state index is -0.593. The average molecular weight is 344 g/mol.